The summed E-state index contributed by atoms with van der Waals surface area (Å²) in [6.45, 7) is 5.12. The lowest BCUT2D eigenvalue weighted by Crippen LogP contribution is -2.08. The van der Waals surface area contributed by atoms with Crippen molar-refractivity contribution in [2.45, 2.75) is 26.4 Å². The van der Waals surface area contributed by atoms with Gasteiger partial charge in [0.1, 0.15) is 6.10 Å². The summed E-state index contributed by atoms with van der Waals surface area (Å²) in [5, 5.41) is 9.86. The van der Waals surface area contributed by atoms with Gasteiger partial charge in [-0.2, -0.15) is 0 Å². The van der Waals surface area contributed by atoms with Gasteiger partial charge in [-0.15, -0.1) is 0 Å². The topological polar surface area (TPSA) is 29.5 Å². The average molecular weight is 273 g/mol. The second-order valence-electron chi connectivity index (χ2n) is 3.62. The Morgan fingerprint density at radius 1 is 1.47 bits per heavy atom. The molecular weight excluding hydrogens is 256 g/mol. The van der Waals surface area contributed by atoms with E-state index in [9.17, 15) is 5.11 Å². The Labute approximate surface area is 99.4 Å². The molecular formula is C12H17BrO2. The van der Waals surface area contributed by atoms with Gasteiger partial charge >= 0.3 is 0 Å². The number of halogens is 1. The highest BCUT2D eigenvalue weighted by Crippen LogP contribution is 2.24. The highest BCUT2D eigenvalue weighted by atomic mass is 79.9. The SMILES string of the molecule is CCCOCC(O)c1ccc(C)cc1Br. The molecule has 0 aliphatic carbocycles. The quantitative estimate of drug-likeness (QED) is 0.835. The number of aliphatic hydroxyl groups is 1. The molecule has 0 spiro atoms. The third kappa shape index (κ3) is 3.93. The predicted molar refractivity (Wildman–Crippen MR) is 64.9 cm³/mol. The van der Waals surface area contributed by atoms with Crippen LogP contribution in [-0.4, -0.2) is 18.3 Å². The van der Waals surface area contributed by atoms with E-state index >= 15 is 0 Å². The van der Waals surface area contributed by atoms with Gasteiger partial charge in [-0.3, -0.25) is 0 Å². The summed E-state index contributed by atoms with van der Waals surface area (Å²) in [4.78, 5) is 0. The number of aryl methyl sites for hydroxylation is 1. The minimum atomic E-state index is -0.550. The Bertz CT molecular complexity index is 312. The zero-order valence-electron chi connectivity index (χ0n) is 9.16. The molecule has 0 aliphatic heterocycles. The number of benzene rings is 1. The van der Waals surface area contributed by atoms with Crippen molar-refractivity contribution >= 4 is 15.9 Å². The Morgan fingerprint density at radius 3 is 2.80 bits per heavy atom. The van der Waals surface area contributed by atoms with E-state index in [0.717, 1.165) is 16.5 Å². The lowest BCUT2D eigenvalue weighted by molar-refractivity contribution is 0.0360. The minimum absolute atomic E-state index is 0.357. The summed E-state index contributed by atoms with van der Waals surface area (Å²) < 4.78 is 6.25. The monoisotopic (exact) mass is 272 g/mol. The van der Waals surface area contributed by atoms with Crippen molar-refractivity contribution in [3.63, 3.8) is 0 Å². The fourth-order valence-corrected chi connectivity index (χ4v) is 2.09. The second-order valence-corrected chi connectivity index (χ2v) is 4.47. The van der Waals surface area contributed by atoms with Gasteiger partial charge < -0.3 is 9.84 Å². The lowest BCUT2D eigenvalue weighted by atomic mass is 10.1. The van der Waals surface area contributed by atoms with Crippen LogP contribution in [0.1, 0.15) is 30.6 Å². The first kappa shape index (κ1) is 12.7. The molecule has 1 rings (SSSR count). The van der Waals surface area contributed by atoms with Gasteiger partial charge in [0.25, 0.3) is 0 Å². The summed E-state index contributed by atoms with van der Waals surface area (Å²) in [6, 6.07) is 5.92. The first-order valence-electron chi connectivity index (χ1n) is 5.17. The van der Waals surface area contributed by atoms with Crippen LogP contribution >= 0.6 is 15.9 Å². The summed E-state index contributed by atoms with van der Waals surface area (Å²) in [5.41, 5.74) is 2.06. The van der Waals surface area contributed by atoms with Gasteiger partial charge in [-0.1, -0.05) is 35.0 Å². The van der Waals surface area contributed by atoms with Crippen LogP contribution in [0.5, 0.6) is 0 Å². The Kier molecular flexibility index (Phi) is 5.29. The van der Waals surface area contributed by atoms with E-state index < -0.39 is 6.10 Å². The van der Waals surface area contributed by atoms with Gasteiger partial charge in [0.15, 0.2) is 0 Å². The largest absolute Gasteiger partial charge is 0.386 e. The molecule has 1 aromatic rings. The van der Waals surface area contributed by atoms with Crippen molar-refractivity contribution in [2.75, 3.05) is 13.2 Å². The molecule has 0 bridgehead atoms. The molecule has 0 aliphatic rings. The normalized spacial score (nSPS) is 12.8. The van der Waals surface area contributed by atoms with E-state index in [-0.39, 0.29) is 0 Å². The van der Waals surface area contributed by atoms with Crippen molar-refractivity contribution < 1.29 is 9.84 Å². The number of rotatable bonds is 5. The van der Waals surface area contributed by atoms with Gasteiger partial charge in [0.05, 0.1) is 6.61 Å². The fraction of sp³-hybridized carbons (Fsp3) is 0.500. The van der Waals surface area contributed by atoms with Crippen LogP contribution < -0.4 is 0 Å². The summed E-state index contributed by atoms with van der Waals surface area (Å²) >= 11 is 3.44. The maximum Gasteiger partial charge on any atom is 0.103 e. The fourth-order valence-electron chi connectivity index (χ4n) is 1.33. The summed E-state index contributed by atoms with van der Waals surface area (Å²) in [5.74, 6) is 0. The van der Waals surface area contributed by atoms with Crippen LogP contribution in [0, 0.1) is 6.92 Å². The molecule has 1 aromatic carbocycles. The summed E-state index contributed by atoms with van der Waals surface area (Å²) in [6.07, 6.45) is 0.424. The molecule has 0 heterocycles. The molecule has 0 aromatic heterocycles. The van der Waals surface area contributed by atoms with Crippen LogP contribution in [0.2, 0.25) is 0 Å². The Morgan fingerprint density at radius 2 is 2.20 bits per heavy atom. The first-order valence-corrected chi connectivity index (χ1v) is 5.96. The number of ether oxygens (including phenoxy) is 1. The number of aliphatic hydroxyl groups excluding tert-OH is 1. The molecule has 0 radical (unpaired) electrons. The molecule has 1 N–H and O–H groups in total. The minimum Gasteiger partial charge on any atom is -0.386 e. The van der Waals surface area contributed by atoms with Gasteiger partial charge in [-0.05, 0) is 30.5 Å². The zero-order chi connectivity index (χ0) is 11.3. The van der Waals surface area contributed by atoms with Crippen molar-refractivity contribution in [2.24, 2.45) is 0 Å². The van der Waals surface area contributed by atoms with Crippen molar-refractivity contribution in [3.8, 4) is 0 Å². The highest BCUT2D eigenvalue weighted by Gasteiger charge is 2.10. The van der Waals surface area contributed by atoms with Gasteiger partial charge in [-0.25, -0.2) is 0 Å². The van der Waals surface area contributed by atoms with E-state index in [1.165, 1.54) is 5.56 Å². The van der Waals surface area contributed by atoms with Crippen LogP contribution in [-0.2, 0) is 4.74 Å². The molecule has 2 nitrogen and oxygen atoms in total. The molecule has 15 heavy (non-hydrogen) atoms. The van der Waals surface area contributed by atoms with E-state index in [2.05, 4.69) is 15.9 Å². The van der Waals surface area contributed by atoms with E-state index in [1.54, 1.807) is 0 Å². The third-order valence-electron chi connectivity index (χ3n) is 2.14. The maximum atomic E-state index is 9.86. The number of hydrogen-bond donors (Lipinski definition) is 1. The van der Waals surface area contributed by atoms with Crippen molar-refractivity contribution in [1.29, 1.82) is 0 Å². The van der Waals surface area contributed by atoms with Gasteiger partial charge in [0.2, 0.25) is 0 Å². The standard InChI is InChI=1S/C12H17BrO2/c1-3-6-15-8-12(14)10-5-4-9(2)7-11(10)13/h4-5,7,12,14H,3,6,8H2,1-2H3. The lowest BCUT2D eigenvalue weighted by Gasteiger charge is -2.13. The van der Waals surface area contributed by atoms with Gasteiger partial charge in [0, 0.05) is 11.1 Å². The molecule has 1 unspecified atom stereocenters. The number of hydrogen-bond acceptors (Lipinski definition) is 2. The Balaban J connectivity index is 2.61. The van der Waals surface area contributed by atoms with E-state index in [1.807, 2.05) is 32.0 Å². The van der Waals surface area contributed by atoms with Crippen molar-refractivity contribution in [3.05, 3.63) is 33.8 Å². The average Bonchev–Trinajstić information content (AvgIpc) is 2.17. The van der Waals surface area contributed by atoms with Crippen molar-refractivity contribution in [1.82, 2.24) is 0 Å². The maximum absolute atomic E-state index is 9.86. The van der Waals surface area contributed by atoms with E-state index in [0.29, 0.717) is 13.2 Å². The molecule has 0 amide bonds. The second kappa shape index (κ2) is 6.26. The summed E-state index contributed by atoms with van der Waals surface area (Å²) in [7, 11) is 0. The molecule has 0 saturated carbocycles. The van der Waals surface area contributed by atoms with Crippen LogP contribution in [0.25, 0.3) is 0 Å². The molecule has 0 saturated heterocycles. The zero-order valence-corrected chi connectivity index (χ0v) is 10.8. The Hall–Kier alpha value is -0.380. The van der Waals surface area contributed by atoms with E-state index in [4.69, 9.17) is 4.74 Å². The molecule has 3 heteroatoms. The molecule has 84 valence electrons. The van der Waals surface area contributed by atoms with Crippen LogP contribution in [0.15, 0.2) is 22.7 Å². The van der Waals surface area contributed by atoms with Crippen LogP contribution in [0.4, 0.5) is 0 Å². The molecule has 0 fully saturated rings. The van der Waals surface area contributed by atoms with Crippen LogP contribution in [0.3, 0.4) is 0 Å². The highest BCUT2D eigenvalue weighted by molar-refractivity contribution is 9.10. The third-order valence-corrected chi connectivity index (χ3v) is 2.83. The molecule has 1 atom stereocenters. The smallest absolute Gasteiger partial charge is 0.103 e. The first-order chi connectivity index (χ1) is 7.15. The predicted octanol–water partition coefficient (Wildman–Crippen LogP) is 3.22.